The summed E-state index contributed by atoms with van der Waals surface area (Å²) in [6.45, 7) is 1.94. The first kappa shape index (κ1) is 9.52. The number of aryl methyl sites for hydroxylation is 1. The van der Waals surface area contributed by atoms with Crippen LogP contribution in [0.2, 0.25) is 0 Å². The Labute approximate surface area is 88.1 Å². The van der Waals surface area contributed by atoms with Crippen LogP contribution in [0.25, 0.3) is 0 Å². The second-order valence-electron chi connectivity index (χ2n) is 3.30. The molecule has 2 rings (SSSR count). The largest absolute Gasteiger partial charge is 0.422 e. The summed E-state index contributed by atoms with van der Waals surface area (Å²) in [6, 6.07) is 12.9. The SMILES string of the molecule is Cc1cc[n+](O)c(Oc2ccccc2)c1. The third-order valence-electron chi connectivity index (χ3n) is 2.02. The van der Waals surface area contributed by atoms with Gasteiger partial charge in [-0.3, -0.25) is 5.21 Å². The highest BCUT2D eigenvalue weighted by Gasteiger charge is 2.11. The maximum absolute atomic E-state index is 9.49. The van der Waals surface area contributed by atoms with E-state index < -0.39 is 0 Å². The van der Waals surface area contributed by atoms with Gasteiger partial charge in [-0.1, -0.05) is 18.2 Å². The molecule has 0 saturated carbocycles. The standard InChI is InChI=1S/C12H12NO2/c1-10-7-8-13(14)12(9-10)15-11-5-3-2-4-6-11/h2-9,14H,1H3/q+1. The molecule has 0 unspecified atom stereocenters. The van der Waals surface area contributed by atoms with E-state index in [9.17, 15) is 5.21 Å². The summed E-state index contributed by atoms with van der Waals surface area (Å²) in [5.74, 6) is 1.10. The van der Waals surface area contributed by atoms with Gasteiger partial charge in [0.15, 0.2) is 0 Å². The second-order valence-corrected chi connectivity index (χ2v) is 3.30. The van der Waals surface area contributed by atoms with Crippen molar-refractivity contribution in [3.8, 4) is 11.6 Å². The Balaban J connectivity index is 2.28. The third kappa shape index (κ3) is 2.26. The monoisotopic (exact) mass is 202 g/mol. The fraction of sp³-hybridized carbons (Fsp3) is 0.0833. The van der Waals surface area contributed by atoms with Gasteiger partial charge in [-0.25, -0.2) is 0 Å². The minimum atomic E-state index is 0.404. The molecule has 15 heavy (non-hydrogen) atoms. The highest BCUT2D eigenvalue weighted by Crippen LogP contribution is 2.17. The van der Waals surface area contributed by atoms with Crippen molar-refractivity contribution in [3.63, 3.8) is 0 Å². The van der Waals surface area contributed by atoms with Crippen molar-refractivity contribution in [2.75, 3.05) is 0 Å². The first-order valence-corrected chi connectivity index (χ1v) is 4.70. The lowest BCUT2D eigenvalue weighted by molar-refractivity contribution is -0.905. The normalized spacial score (nSPS) is 9.93. The molecular weight excluding hydrogens is 190 g/mol. The van der Waals surface area contributed by atoms with E-state index in [4.69, 9.17) is 4.74 Å². The average molecular weight is 202 g/mol. The van der Waals surface area contributed by atoms with E-state index in [-0.39, 0.29) is 0 Å². The second kappa shape index (κ2) is 4.00. The molecule has 0 aliphatic carbocycles. The van der Waals surface area contributed by atoms with Crippen molar-refractivity contribution in [1.29, 1.82) is 0 Å². The Hall–Kier alpha value is -2.03. The van der Waals surface area contributed by atoms with E-state index >= 15 is 0 Å². The molecule has 1 aromatic heterocycles. The molecule has 0 aliphatic heterocycles. The van der Waals surface area contributed by atoms with E-state index in [1.165, 1.54) is 0 Å². The summed E-state index contributed by atoms with van der Waals surface area (Å²) in [4.78, 5) is 0. The zero-order valence-corrected chi connectivity index (χ0v) is 8.42. The number of aromatic nitrogens is 1. The Morgan fingerprint density at radius 1 is 1.13 bits per heavy atom. The molecule has 76 valence electrons. The Morgan fingerprint density at radius 3 is 2.60 bits per heavy atom. The summed E-state index contributed by atoms with van der Waals surface area (Å²) in [7, 11) is 0. The lowest BCUT2D eigenvalue weighted by Gasteiger charge is -2.01. The first-order chi connectivity index (χ1) is 7.25. The highest BCUT2D eigenvalue weighted by molar-refractivity contribution is 5.25. The molecule has 1 aromatic carbocycles. The summed E-state index contributed by atoms with van der Waals surface area (Å²) < 4.78 is 6.46. The first-order valence-electron chi connectivity index (χ1n) is 4.70. The molecule has 0 fully saturated rings. The predicted octanol–water partition coefficient (Wildman–Crippen LogP) is 2.31. The third-order valence-corrected chi connectivity index (χ3v) is 2.02. The van der Waals surface area contributed by atoms with Crippen molar-refractivity contribution in [2.45, 2.75) is 6.92 Å². The van der Waals surface area contributed by atoms with E-state index in [1.54, 1.807) is 18.3 Å². The van der Waals surface area contributed by atoms with Crippen LogP contribution in [0.5, 0.6) is 11.6 Å². The fourth-order valence-corrected chi connectivity index (χ4v) is 1.26. The molecule has 0 radical (unpaired) electrons. The van der Waals surface area contributed by atoms with Crippen LogP contribution in [0.3, 0.4) is 0 Å². The highest BCUT2D eigenvalue weighted by atomic mass is 16.6. The Bertz CT molecular complexity index is 454. The molecule has 0 spiro atoms. The smallest absolute Gasteiger partial charge is 0.402 e. The van der Waals surface area contributed by atoms with Gasteiger partial charge in [0, 0.05) is 10.8 Å². The lowest BCUT2D eigenvalue weighted by atomic mass is 10.3. The van der Waals surface area contributed by atoms with Crippen LogP contribution in [-0.4, -0.2) is 5.21 Å². The molecule has 1 heterocycles. The maximum Gasteiger partial charge on any atom is 0.422 e. The lowest BCUT2D eigenvalue weighted by Crippen LogP contribution is -2.31. The number of ether oxygens (including phenoxy) is 1. The predicted molar refractivity (Wildman–Crippen MR) is 55.1 cm³/mol. The van der Waals surface area contributed by atoms with E-state index in [0.29, 0.717) is 11.6 Å². The maximum atomic E-state index is 9.49. The quantitative estimate of drug-likeness (QED) is 0.599. The van der Waals surface area contributed by atoms with E-state index in [0.717, 1.165) is 10.3 Å². The number of para-hydroxylation sites is 1. The van der Waals surface area contributed by atoms with Gasteiger partial charge in [0.25, 0.3) is 0 Å². The zero-order valence-electron chi connectivity index (χ0n) is 8.42. The van der Waals surface area contributed by atoms with E-state index in [1.807, 2.05) is 37.3 Å². The number of pyridine rings is 1. The van der Waals surface area contributed by atoms with Crippen LogP contribution in [0.1, 0.15) is 5.56 Å². The van der Waals surface area contributed by atoms with Crippen molar-refractivity contribution >= 4 is 0 Å². The van der Waals surface area contributed by atoms with Gasteiger partial charge in [0.1, 0.15) is 5.75 Å². The number of benzene rings is 1. The Morgan fingerprint density at radius 2 is 1.87 bits per heavy atom. The van der Waals surface area contributed by atoms with Crippen molar-refractivity contribution in [1.82, 2.24) is 0 Å². The van der Waals surface area contributed by atoms with Gasteiger partial charge < -0.3 is 4.74 Å². The molecule has 0 atom stereocenters. The number of rotatable bonds is 2. The topological polar surface area (TPSA) is 33.3 Å². The molecule has 0 aliphatic rings. The van der Waals surface area contributed by atoms with Crippen LogP contribution in [0.4, 0.5) is 0 Å². The summed E-state index contributed by atoms with van der Waals surface area (Å²) in [6.07, 6.45) is 1.55. The van der Waals surface area contributed by atoms with Crippen LogP contribution in [-0.2, 0) is 0 Å². The van der Waals surface area contributed by atoms with Gasteiger partial charge in [-0.2, -0.15) is 0 Å². The minimum absolute atomic E-state index is 0.404. The average Bonchev–Trinajstić information content (AvgIpc) is 2.25. The van der Waals surface area contributed by atoms with Gasteiger partial charge in [-0.15, -0.1) is 0 Å². The molecular formula is C12H12NO2+. The minimum Gasteiger partial charge on any atom is -0.402 e. The summed E-state index contributed by atoms with van der Waals surface area (Å²) in [5, 5.41) is 9.49. The van der Waals surface area contributed by atoms with Gasteiger partial charge in [0.05, 0.1) is 6.07 Å². The van der Waals surface area contributed by atoms with Gasteiger partial charge >= 0.3 is 5.88 Å². The van der Waals surface area contributed by atoms with Gasteiger partial charge in [-0.05, 0) is 24.6 Å². The number of hydrogen-bond acceptors (Lipinski definition) is 2. The molecule has 0 bridgehead atoms. The van der Waals surface area contributed by atoms with Crippen molar-refractivity contribution in [3.05, 3.63) is 54.2 Å². The van der Waals surface area contributed by atoms with Gasteiger partial charge in [0.2, 0.25) is 6.20 Å². The van der Waals surface area contributed by atoms with Crippen LogP contribution in [0.15, 0.2) is 48.7 Å². The Kier molecular flexibility index (Phi) is 2.54. The summed E-state index contributed by atoms with van der Waals surface area (Å²) >= 11 is 0. The molecule has 2 aromatic rings. The fourth-order valence-electron chi connectivity index (χ4n) is 1.26. The van der Waals surface area contributed by atoms with Crippen LogP contribution < -0.4 is 9.47 Å². The molecule has 0 amide bonds. The van der Waals surface area contributed by atoms with Crippen molar-refractivity contribution < 1.29 is 14.7 Å². The van der Waals surface area contributed by atoms with Crippen LogP contribution >= 0.6 is 0 Å². The number of nitrogens with zero attached hydrogens (tertiary/aromatic N) is 1. The molecule has 3 heteroatoms. The molecule has 1 N–H and O–H groups in total. The molecule has 3 nitrogen and oxygen atoms in total. The van der Waals surface area contributed by atoms with E-state index in [2.05, 4.69) is 0 Å². The zero-order chi connectivity index (χ0) is 10.7. The number of hydrogen-bond donors (Lipinski definition) is 1. The molecule has 0 saturated heterocycles. The summed E-state index contributed by atoms with van der Waals surface area (Å²) in [5.41, 5.74) is 1.03. The van der Waals surface area contributed by atoms with Crippen LogP contribution in [0, 0.1) is 6.92 Å². The van der Waals surface area contributed by atoms with Crippen molar-refractivity contribution in [2.24, 2.45) is 0 Å².